The molecule has 21 heavy (non-hydrogen) atoms. The van der Waals surface area contributed by atoms with Crippen LogP contribution in [-0.2, 0) is 6.54 Å². The summed E-state index contributed by atoms with van der Waals surface area (Å²) in [7, 11) is 2.05. The standard InChI is InChI=1S/C19H24N2/c1-20-13-17-11-12-21(15-17)14-16-7-9-19(10-8-16)18-5-3-2-4-6-18/h2-10,17,20H,11-15H2,1H3. The van der Waals surface area contributed by atoms with Gasteiger partial charge in [-0.15, -0.1) is 0 Å². The molecule has 1 unspecified atom stereocenters. The number of hydrogen-bond acceptors (Lipinski definition) is 2. The molecule has 0 aliphatic carbocycles. The van der Waals surface area contributed by atoms with Gasteiger partial charge in [-0.2, -0.15) is 0 Å². The molecule has 2 heteroatoms. The molecule has 0 aromatic heterocycles. The lowest BCUT2D eigenvalue weighted by molar-refractivity contribution is 0.315. The minimum atomic E-state index is 0.818. The van der Waals surface area contributed by atoms with Gasteiger partial charge in [0.1, 0.15) is 0 Å². The van der Waals surface area contributed by atoms with Crippen LogP contribution in [0.5, 0.6) is 0 Å². The summed E-state index contributed by atoms with van der Waals surface area (Å²) in [5, 5.41) is 3.29. The van der Waals surface area contributed by atoms with E-state index in [1.54, 1.807) is 0 Å². The summed E-state index contributed by atoms with van der Waals surface area (Å²) in [6.45, 7) is 4.67. The molecule has 1 heterocycles. The second-order valence-electron chi connectivity index (χ2n) is 6.01. The number of nitrogens with one attached hydrogen (secondary N) is 1. The molecule has 0 bridgehead atoms. The number of hydrogen-bond donors (Lipinski definition) is 1. The van der Waals surface area contributed by atoms with Gasteiger partial charge in [0.05, 0.1) is 0 Å². The van der Waals surface area contributed by atoms with Crippen LogP contribution in [0.4, 0.5) is 0 Å². The number of benzene rings is 2. The fourth-order valence-corrected chi connectivity index (χ4v) is 3.20. The van der Waals surface area contributed by atoms with Crippen molar-refractivity contribution in [1.82, 2.24) is 10.2 Å². The maximum Gasteiger partial charge on any atom is 0.0233 e. The second kappa shape index (κ2) is 6.88. The van der Waals surface area contributed by atoms with Crippen molar-refractivity contribution in [2.24, 2.45) is 5.92 Å². The molecule has 0 saturated carbocycles. The van der Waals surface area contributed by atoms with Gasteiger partial charge in [-0.05, 0) is 49.2 Å². The van der Waals surface area contributed by atoms with E-state index in [-0.39, 0.29) is 0 Å². The van der Waals surface area contributed by atoms with E-state index in [0.29, 0.717) is 0 Å². The summed E-state index contributed by atoms with van der Waals surface area (Å²) < 4.78 is 0. The molecular weight excluding hydrogens is 256 g/mol. The quantitative estimate of drug-likeness (QED) is 0.903. The van der Waals surface area contributed by atoms with Crippen molar-refractivity contribution in [2.45, 2.75) is 13.0 Å². The van der Waals surface area contributed by atoms with Gasteiger partial charge in [0.15, 0.2) is 0 Å². The van der Waals surface area contributed by atoms with Gasteiger partial charge in [0, 0.05) is 13.1 Å². The van der Waals surface area contributed by atoms with Crippen molar-refractivity contribution in [3.8, 4) is 11.1 Å². The molecule has 2 aromatic rings. The third-order valence-electron chi connectivity index (χ3n) is 4.33. The largest absolute Gasteiger partial charge is 0.319 e. The fourth-order valence-electron chi connectivity index (χ4n) is 3.20. The van der Waals surface area contributed by atoms with Crippen LogP contribution >= 0.6 is 0 Å². The third kappa shape index (κ3) is 3.72. The molecule has 1 aliphatic heterocycles. The van der Waals surface area contributed by atoms with Crippen molar-refractivity contribution >= 4 is 0 Å². The summed E-state index contributed by atoms with van der Waals surface area (Å²) in [4.78, 5) is 2.57. The highest BCUT2D eigenvalue weighted by molar-refractivity contribution is 5.63. The maximum atomic E-state index is 3.29. The fraction of sp³-hybridized carbons (Fsp3) is 0.368. The highest BCUT2D eigenvalue weighted by Crippen LogP contribution is 2.22. The van der Waals surface area contributed by atoms with Crippen LogP contribution in [0, 0.1) is 5.92 Å². The first-order valence-corrected chi connectivity index (χ1v) is 7.86. The van der Waals surface area contributed by atoms with Gasteiger partial charge < -0.3 is 5.32 Å². The smallest absolute Gasteiger partial charge is 0.0233 e. The summed E-state index contributed by atoms with van der Waals surface area (Å²) in [6.07, 6.45) is 1.32. The van der Waals surface area contributed by atoms with Gasteiger partial charge in [-0.25, -0.2) is 0 Å². The van der Waals surface area contributed by atoms with Crippen LogP contribution in [0.15, 0.2) is 54.6 Å². The Morgan fingerprint density at radius 3 is 2.43 bits per heavy atom. The lowest BCUT2D eigenvalue weighted by atomic mass is 10.0. The predicted molar refractivity (Wildman–Crippen MR) is 89.2 cm³/mol. The van der Waals surface area contributed by atoms with Crippen molar-refractivity contribution in [1.29, 1.82) is 0 Å². The molecule has 2 nitrogen and oxygen atoms in total. The zero-order valence-corrected chi connectivity index (χ0v) is 12.8. The lowest BCUT2D eigenvalue weighted by Gasteiger charge is -2.16. The van der Waals surface area contributed by atoms with Crippen LogP contribution in [-0.4, -0.2) is 31.6 Å². The number of likely N-dealkylation sites (tertiary alicyclic amines) is 1. The van der Waals surface area contributed by atoms with Crippen molar-refractivity contribution in [2.75, 3.05) is 26.7 Å². The van der Waals surface area contributed by atoms with E-state index in [0.717, 1.165) is 19.0 Å². The van der Waals surface area contributed by atoms with E-state index in [2.05, 4.69) is 64.8 Å². The maximum absolute atomic E-state index is 3.29. The molecule has 1 fully saturated rings. The molecule has 1 atom stereocenters. The highest BCUT2D eigenvalue weighted by atomic mass is 15.1. The van der Waals surface area contributed by atoms with Crippen LogP contribution < -0.4 is 5.32 Å². The Balaban J connectivity index is 1.60. The number of nitrogens with zero attached hydrogens (tertiary/aromatic N) is 1. The van der Waals surface area contributed by atoms with E-state index in [1.165, 1.54) is 36.2 Å². The topological polar surface area (TPSA) is 15.3 Å². The molecule has 0 spiro atoms. The van der Waals surface area contributed by atoms with Crippen molar-refractivity contribution < 1.29 is 0 Å². The van der Waals surface area contributed by atoms with E-state index in [4.69, 9.17) is 0 Å². The Kier molecular flexibility index (Phi) is 4.69. The lowest BCUT2D eigenvalue weighted by Crippen LogP contribution is -2.24. The average molecular weight is 280 g/mol. The first-order chi connectivity index (χ1) is 10.3. The molecular formula is C19H24N2. The Hall–Kier alpha value is -1.64. The SMILES string of the molecule is CNCC1CCN(Cc2ccc(-c3ccccc3)cc2)C1. The van der Waals surface area contributed by atoms with Crippen molar-refractivity contribution in [3.63, 3.8) is 0 Å². The monoisotopic (exact) mass is 280 g/mol. The van der Waals surface area contributed by atoms with Crippen LogP contribution in [0.25, 0.3) is 11.1 Å². The Morgan fingerprint density at radius 1 is 1.00 bits per heavy atom. The van der Waals surface area contributed by atoms with E-state index < -0.39 is 0 Å². The Labute approximate surface area is 127 Å². The molecule has 1 N–H and O–H groups in total. The molecule has 3 rings (SSSR count). The Bertz CT molecular complexity index is 548. The van der Waals surface area contributed by atoms with E-state index >= 15 is 0 Å². The minimum absolute atomic E-state index is 0.818. The zero-order chi connectivity index (χ0) is 14.5. The van der Waals surface area contributed by atoms with Gasteiger partial charge >= 0.3 is 0 Å². The van der Waals surface area contributed by atoms with Gasteiger partial charge in [-0.3, -0.25) is 4.90 Å². The molecule has 0 radical (unpaired) electrons. The first-order valence-electron chi connectivity index (χ1n) is 7.86. The van der Waals surface area contributed by atoms with Crippen LogP contribution in [0.1, 0.15) is 12.0 Å². The van der Waals surface area contributed by atoms with Crippen LogP contribution in [0.2, 0.25) is 0 Å². The molecule has 1 aliphatic rings. The van der Waals surface area contributed by atoms with Crippen LogP contribution in [0.3, 0.4) is 0 Å². The molecule has 0 amide bonds. The number of rotatable bonds is 5. The average Bonchev–Trinajstić information content (AvgIpc) is 2.97. The predicted octanol–water partition coefficient (Wildman–Crippen LogP) is 3.39. The van der Waals surface area contributed by atoms with E-state index in [1.807, 2.05) is 7.05 Å². The summed E-state index contributed by atoms with van der Waals surface area (Å²) in [5.41, 5.74) is 4.01. The first kappa shape index (κ1) is 14.3. The van der Waals surface area contributed by atoms with Gasteiger partial charge in [-0.1, -0.05) is 54.6 Å². The molecule has 2 aromatic carbocycles. The molecule has 110 valence electrons. The summed E-state index contributed by atoms with van der Waals surface area (Å²) in [6, 6.07) is 19.6. The third-order valence-corrected chi connectivity index (χ3v) is 4.33. The normalized spacial score (nSPS) is 19.0. The Morgan fingerprint density at radius 2 is 1.71 bits per heavy atom. The second-order valence-corrected chi connectivity index (χ2v) is 6.01. The minimum Gasteiger partial charge on any atom is -0.319 e. The zero-order valence-electron chi connectivity index (χ0n) is 12.8. The van der Waals surface area contributed by atoms with Crippen molar-refractivity contribution in [3.05, 3.63) is 60.2 Å². The van der Waals surface area contributed by atoms with Gasteiger partial charge in [0.2, 0.25) is 0 Å². The van der Waals surface area contributed by atoms with Gasteiger partial charge in [0.25, 0.3) is 0 Å². The molecule has 1 saturated heterocycles. The van der Waals surface area contributed by atoms with E-state index in [9.17, 15) is 0 Å². The summed E-state index contributed by atoms with van der Waals surface area (Å²) >= 11 is 0. The summed E-state index contributed by atoms with van der Waals surface area (Å²) in [5.74, 6) is 0.818. The highest BCUT2D eigenvalue weighted by Gasteiger charge is 2.21.